The van der Waals surface area contributed by atoms with Crippen molar-refractivity contribution in [1.29, 1.82) is 0 Å². The predicted molar refractivity (Wildman–Crippen MR) is 85.7 cm³/mol. The van der Waals surface area contributed by atoms with Crippen molar-refractivity contribution in [3.05, 3.63) is 64.5 Å². The molecule has 0 saturated carbocycles. The van der Waals surface area contributed by atoms with E-state index in [9.17, 15) is 0 Å². The van der Waals surface area contributed by atoms with Crippen LogP contribution in [0.15, 0.2) is 53.3 Å². The van der Waals surface area contributed by atoms with E-state index in [0.717, 1.165) is 23.3 Å². The SMILES string of the molecule is CNCc1cccc2c1ccn2Cc1ccc(Br)cn1. The van der Waals surface area contributed by atoms with Crippen molar-refractivity contribution in [2.24, 2.45) is 0 Å². The molecular weight excluding hydrogens is 314 g/mol. The van der Waals surface area contributed by atoms with Crippen LogP contribution in [0.5, 0.6) is 0 Å². The lowest BCUT2D eigenvalue weighted by molar-refractivity contribution is 0.805. The number of fused-ring (bicyclic) bond motifs is 1. The highest BCUT2D eigenvalue weighted by Gasteiger charge is 2.06. The normalized spacial score (nSPS) is 11.1. The lowest BCUT2D eigenvalue weighted by atomic mass is 10.1. The second-order valence-electron chi connectivity index (χ2n) is 4.79. The van der Waals surface area contributed by atoms with Gasteiger partial charge in [0.25, 0.3) is 0 Å². The fraction of sp³-hybridized carbons (Fsp3) is 0.188. The van der Waals surface area contributed by atoms with Gasteiger partial charge in [-0.25, -0.2) is 0 Å². The van der Waals surface area contributed by atoms with Gasteiger partial charge in [-0.15, -0.1) is 0 Å². The Morgan fingerprint density at radius 2 is 2.10 bits per heavy atom. The van der Waals surface area contributed by atoms with Crippen molar-refractivity contribution >= 4 is 26.8 Å². The van der Waals surface area contributed by atoms with E-state index >= 15 is 0 Å². The number of hydrogen-bond acceptors (Lipinski definition) is 2. The molecule has 0 aliphatic carbocycles. The minimum absolute atomic E-state index is 0.791. The quantitative estimate of drug-likeness (QED) is 0.793. The molecule has 0 amide bonds. The van der Waals surface area contributed by atoms with Crippen molar-refractivity contribution in [3.63, 3.8) is 0 Å². The lowest BCUT2D eigenvalue weighted by Crippen LogP contribution is -2.05. The Hall–Kier alpha value is -1.65. The van der Waals surface area contributed by atoms with Crippen LogP contribution >= 0.6 is 15.9 Å². The minimum Gasteiger partial charge on any atom is -0.341 e. The first-order valence-corrected chi connectivity index (χ1v) is 7.39. The topological polar surface area (TPSA) is 29.9 Å². The van der Waals surface area contributed by atoms with Crippen molar-refractivity contribution in [2.75, 3.05) is 7.05 Å². The molecule has 102 valence electrons. The molecule has 0 spiro atoms. The highest BCUT2D eigenvalue weighted by atomic mass is 79.9. The maximum atomic E-state index is 4.44. The summed E-state index contributed by atoms with van der Waals surface area (Å²) in [5.74, 6) is 0. The van der Waals surface area contributed by atoms with E-state index in [1.54, 1.807) is 0 Å². The molecule has 0 unspecified atom stereocenters. The van der Waals surface area contributed by atoms with Crippen LogP contribution in [0, 0.1) is 0 Å². The van der Waals surface area contributed by atoms with Crippen molar-refractivity contribution in [2.45, 2.75) is 13.1 Å². The van der Waals surface area contributed by atoms with Gasteiger partial charge in [0.05, 0.1) is 12.2 Å². The third-order valence-electron chi connectivity index (χ3n) is 3.39. The minimum atomic E-state index is 0.791. The summed E-state index contributed by atoms with van der Waals surface area (Å²) < 4.78 is 3.25. The maximum absolute atomic E-state index is 4.44. The number of pyridine rings is 1. The molecule has 2 heterocycles. The van der Waals surface area contributed by atoms with E-state index in [2.05, 4.69) is 61.3 Å². The average Bonchev–Trinajstić information content (AvgIpc) is 2.86. The molecule has 4 heteroatoms. The molecule has 20 heavy (non-hydrogen) atoms. The summed E-state index contributed by atoms with van der Waals surface area (Å²) in [6, 6.07) is 12.7. The zero-order chi connectivity index (χ0) is 13.9. The smallest absolute Gasteiger partial charge is 0.0648 e. The average molecular weight is 330 g/mol. The first-order valence-electron chi connectivity index (χ1n) is 6.59. The van der Waals surface area contributed by atoms with Crippen LogP contribution < -0.4 is 5.32 Å². The zero-order valence-corrected chi connectivity index (χ0v) is 12.9. The first kappa shape index (κ1) is 13.3. The van der Waals surface area contributed by atoms with Crippen LogP contribution in [0.4, 0.5) is 0 Å². The third-order valence-corrected chi connectivity index (χ3v) is 3.86. The largest absolute Gasteiger partial charge is 0.341 e. The molecule has 0 saturated heterocycles. The zero-order valence-electron chi connectivity index (χ0n) is 11.3. The molecular formula is C16H16BrN3. The molecule has 1 aromatic carbocycles. The molecule has 3 nitrogen and oxygen atoms in total. The molecule has 0 fully saturated rings. The van der Waals surface area contributed by atoms with Crippen LogP contribution in [0.1, 0.15) is 11.3 Å². The Balaban J connectivity index is 1.96. The van der Waals surface area contributed by atoms with Gasteiger partial charge in [-0.1, -0.05) is 12.1 Å². The standard InChI is InChI=1S/C16H16BrN3/c1-18-9-12-3-2-4-16-15(12)7-8-20(16)11-14-6-5-13(17)10-19-14/h2-8,10,18H,9,11H2,1H3. The van der Waals surface area contributed by atoms with E-state index in [1.165, 1.54) is 16.5 Å². The summed E-state index contributed by atoms with van der Waals surface area (Å²) in [5.41, 5.74) is 3.64. The van der Waals surface area contributed by atoms with Gasteiger partial charge in [-0.3, -0.25) is 4.98 Å². The third kappa shape index (κ3) is 2.62. The Bertz CT molecular complexity index is 716. The van der Waals surface area contributed by atoms with Gasteiger partial charge in [-0.2, -0.15) is 0 Å². The Morgan fingerprint density at radius 3 is 2.85 bits per heavy atom. The number of halogens is 1. The summed E-state index contributed by atoms with van der Waals surface area (Å²) in [4.78, 5) is 4.44. The van der Waals surface area contributed by atoms with Gasteiger partial charge in [-0.05, 0) is 52.8 Å². The molecule has 3 aromatic rings. The first-order chi connectivity index (χ1) is 9.78. The molecule has 3 rings (SSSR count). The van der Waals surface area contributed by atoms with Crippen LogP contribution in [0.25, 0.3) is 10.9 Å². The maximum Gasteiger partial charge on any atom is 0.0648 e. The Morgan fingerprint density at radius 1 is 1.20 bits per heavy atom. The summed E-state index contributed by atoms with van der Waals surface area (Å²) in [6.07, 6.45) is 3.97. The highest BCUT2D eigenvalue weighted by molar-refractivity contribution is 9.10. The molecule has 0 atom stereocenters. The van der Waals surface area contributed by atoms with E-state index in [-0.39, 0.29) is 0 Å². The number of nitrogens with zero attached hydrogens (tertiary/aromatic N) is 2. The highest BCUT2D eigenvalue weighted by Crippen LogP contribution is 2.21. The number of nitrogens with one attached hydrogen (secondary N) is 1. The van der Waals surface area contributed by atoms with Crippen molar-refractivity contribution < 1.29 is 0 Å². The van der Waals surface area contributed by atoms with E-state index in [0.29, 0.717) is 0 Å². The summed E-state index contributed by atoms with van der Waals surface area (Å²) in [6.45, 7) is 1.68. The molecule has 0 aliphatic heterocycles. The molecule has 2 aromatic heterocycles. The van der Waals surface area contributed by atoms with Crippen LogP contribution in [-0.4, -0.2) is 16.6 Å². The second kappa shape index (κ2) is 5.77. The monoisotopic (exact) mass is 329 g/mol. The number of hydrogen-bond donors (Lipinski definition) is 1. The Labute approximate surface area is 126 Å². The Kier molecular flexibility index (Phi) is 3.85. The van der Waals surface area contributed by atoms with E-state index in [1.807, 2.05) is 25.4 Å². The fourth-order valence-electron chi connectivity index (χ4n) is 2.44. The van der Waals surface area contributed by atoms with Crippen molar-refractivity contribution in [1.82, 2.24) is 14.9 Å². The molecule has 0 radical (unpaired) electrons. The lowest BCUT2D eigenvalue weighted by Gasteiger charge is -2.07. The fourth-order valence-corrected chi connectivity index (χ4v) is 2.68. The predicted octanol–water partition coefficient (Wildman–Crippen LogP) is 3.57. The number of rotatable bonds is 4. The summed E-state index contributed by atoms with van der Waals surface area (Å²) >= 11 is 3.41. The molecule has 0 aliphatic rings. The van der Waals surface area contributed by atoms with Crippen molar-refractivity contribution in [3.8, 4) is 0 Å². The second-order valence-corrected chi connectivity index (χ2v) is 5.71. The van der Waals surface area contributed by atoms with Gasteiger partial charge in [0.1, 0.15) is 0 Å². The van der Waals surface area contributed by atoms with Gasteiger partial charge in [0, 0.05) is 34.3 Å². The molecule has 1 N–H and O–H groups in total. The van der Waals surface area contributed by atoms with E-state index in [4.69, 9.17) is 0 Å². The molecule has 0 bridgehead atoms. The summed E-state index contributed by atoms with van der Waals surface area (Å²) in [5, 5.41) is 4.52. The van der Waals surface area contributed by atoms with Gasteiger partial charge in [0.2, 0.25) is 0 Å². The van der Waals surface area contributed by atoms with Crippen LogP contribution in [-0.2, 0) is 13.1 Å². The van der Waals surface area contributed by atoms with Crippen LogP contribution in [0.2, 0.25) is 0 Å². The van der Waals surface area contributed by atoms with E-state index < -0.39 is 0 Å². The van der Waals surface area contributed by atoms with Gasteiger partial charge >= 0.3 is 0 Å². The van der Waals surface area contributed by atoms with Gasteiger partial charge in [0.15, 0.2) is 0 Å². The summed E-state index contributed by atoms with van der Waals surface area (Å²) in [7, 11) is 1.97. The van der Waals surface area contributed by atoms with Gasteiger partial charge < -0.3 is 9.88 Å². The number of aromatic nitrogens is 2. The number of benzene rings is 1. The van der Waals surface area contributed by atoms with Crippen LogP contribution in [0.3, 0.4) is 0 Å².